The molecule has 1 amide bonds. The maximum Gasteiger partial charge on any atom is 0.244 e. The van der Waals surface area contributed by atoms with E-state index in [0.717, 1.165) is 10.4 Å². The molecule has 2 heterocycles. The number of amides is 1. The summed E-state index contributed by atoms with van der Waals surface area (Å²) in [6, 6.07) is 19.3. The van der Waals surface area contributed by atoms with E-state index in [1.807, 2.05) is 47.8 Å². The summed E-state index contributed by atoms with van der Waals surface area (Å²) in [5, 5.41) is 17.1. The summed E-state index contributed by atoms with van der Waals surface area (Å²) in [6.07, 6.45) is 0. The zero-order valence-electron chi connectivity index (χ0n) is 14.7. The van der Waals surface area contributed by atoms with E-state index in [1.165, 1.54) is 16.9 Å². The smallest absolute Gasteiger partial charge is 0.244 e. The van der Waals surface area contributed by atoms with E-state index in [0.29, 0.717) is 11.4 Å². The SMILES string of the molecule is O=C(Cn1nnc(-c2ccc(F)cc2)n1)N[C@H](c1ccccc1)c1cccs1. The summed E-state index contributed by atoms with van der Waals surface area (Å²) in [5.74, 6) is -0.230. The van der Waals surface area contributed by atoms with Gasteiger partial charge >= 0.3 is 0 Å². The standard InChI is InChI=1S/C20H16FN5OS/c21-16-10-8-15(9-11-16)20-23-25-26(24-20)13-18(27)22-19(17-7-4-12-28-17)14-5-2-1-3-6-14/h1-12,19H,13H2,(H,22,27)/t19-/m1/s1. The molecule has 4 aromatic rings. The number of hydrogen-bond acceptors (Lipinski definition) is 5. The van der Waals surface area contributed by atoms with Gasteiger partial charge in [-0.3, -0.25) is 4.79 Å². The zero-order valence-corrected chi connectivity index (χ0v) is 15.5. The van der Waals surface area contributed by atoms with Crippen LogP contribution in [0.4, 0.5) is 4.39 Å². The fourth-order valence-corrected chi connectivity index (χ4v) is 3.58. The predicted octanol–water partition coefficient (Wildman–Crippen LogP) is 3.45. The topological polar surface area (TPSA) is 72.7 Å². The normalized spacial score (nSPS) is 11.9. The maximum absolute atomic E-state index is 13.0. The molecule has 6 nitrogen and oxygen atoms in total. The van der Waals surface area contributed by atoms with E-state index >= 15 is 0 Å². The maximum atomic E-state index is 13.0. The van der Waals surface area contributed by atoms with E-state index in [9.17, 15) is 9.18 Å². The molecule has 2 aromatic carbocycles. The van der Waals surface area contributed by atoms with Gasteiger partial charge < -0.3 is 5.32 Å². The summed E-state index contributed by atoms with van der Waals surface area (Å²) in [7, 11) is 0. The van der Waals surface area contributed by atoms with E-state index in [1.54, 1.807) is 23.5 Å². The van der Waals surface area contributed by atoms with Gasteiger partial charge in [-0.15, -0.1) is 21.5 Å². The molecule has 28 heavy (non-hydrogen) atoms. The fourth-order valence-electron chi connectivity index (χ4n) is 2.78. The minimum atomic E-state index is -0.337. The number of nitrogens with zero attached hydrogens (tertiary/aromatic N) is 4. The highest BCUT2D eigenvalue weighted by molar-refractivity contribution is 7.10. The van der Waals surface area contributed by atoms with Gasteiger partial charge in [0.15, 0.2) is 0 Å². The van der Waals surface area contributed by atoms with E-state index in [4.69, 9.17) is 0 Å². The van der Waals surface area contributed by atoms with Crippen LogP contribution in [-0.2, 0) is 11.3 Å². The first-order valence-electron chi connectivity index (χ1n) is 8.60. The molecule has 0 spiro atoms. The van der Waals surface area contributed by atoms with Crippen molar-refractivity contribution in [3.63, 3.8) is 0 Å². The average Bonchev–Trinajstić information content (AvgIpc) is 3.40. The monoisotopic (exact) mass is 393 g/mol. The Balaban J connectivity index is 1.48. The number of benzene rings is 2. The molecule has 2 aromatic heterocycles. The van der Waals surface area contributed by atoms with Crippen LogP contribution in [0.1, 0.15) is 16.5 Å². The lowest BCUT2D eigenvalue weighted by molar-refractivity contribution is -0.122. The number of carbonyl (C=O) groups is 1. The molecule has 8 heteroatoms. The second-order valence-electron chi connectivity index (χ2n) is 6.08. The molecule has 0 saturated carbocycles. The molecular weight excluding hydrogens is 377 g/mol. The van der Waals surface area contributed by atoms with Crippen molar-refractivity contribution in [2.75, 3.05) is 0 Å². The molecule has 0 fully saturated rings. The zero-order chi connectivity index (χ0) is 19.3. The minimum Gasteiger partial charge on any atom is -0.343 e. The Bertz CT molecular complexity index is 1050. The van der Waals surface area contributed by atoms with Gasteiger partial charge in [0.1, 0.15) is 12.4 Å². The molecule has 1 atom stereocenters. The van der Waals surface area contributed by atoms with Crippen LogP contribution in [0.3, 0.4) is 0 Å². The Hall–Kier alpha value is -3.39. The first kappa shape index (κ1) is 18.0. The summed E-state index contributed by atoms with van der Waals surface area (Å²) >= 11 is 1.58. The molecule has 4 rings (SSSR count). The molecule has 0 aliphatic heterocycles. The third-order valence-electron chi connectivity index (χ3n) is 4.11. The lowest BCUT2D eigenvalue weighted by Gasteiger charge is -2.17. The number of halogens is 1. The molecule has 140 valence electrons. The lowest BCUT2D eigenvalue weighted by Crippen LogP contribution is -2.32. The summed E-state index contributed by atoms with van der Waals surface area (Å²) in [4.78, 5) is 14.9. The largest absolute Gasteiger partial charge is 0.343 e. The first-order chi connectivity index (χ1) is 13.7. The van der Waals surface area contributed by atoms with Crippen LogP contribution in [0.5, 0.6) is 0 Å². The van der Waals surface area contributed by atoms with Gasteiger partial charge in [0.2, 0.25) is 11.7 Å². The highest BCUT2D eigenvalue weighted by atomic mass is 32.1. The quantitative estimate of drug-likeness (QED) is 0.545. The number of carbonyl (C=O) groups excluding carboxylic acids is 1. The number of aromatic nitrogens is 4. The van der Waals surface area contributed by atoms with E-state index in [2.05, 4.69) is 20.7 Å². The second kappa shape index (κ2) is 8.10. The summed E-state index contributed by atoms with van der Waals surface area (Å²) in [5.41, 5.74) is 1.63. The van der Waals surface area contributed by atoms with E-state index < -0.39 is 0 Å². The highest BCUT2D eigenvalue weighted by Crippen LogP contribution is 2.25. The van der Waals surface area contributed by atoms with Crippen LogP contribution < -0.4 is 5.32 Å². The van der Waals surface area contributed by atoms with Crippen LogP contribution in [0.25, 0.3) is 11.4 Å². The van der Waals surface area contributed by atoms with Gasteiger partial charge in [0.05, 0.1) is 6.04 Å². The van der Waals surface area contributed by atoms with Crippen molar-refractivity contribution in [1.29, 1.82) is 0 Å². The molecule has 0 aliphatic carbocycles. The van der Waals surface area contributed by atoms with Gasteiger partial charge in [0, 0.05) is 10.4 Å². The predicted molar refractivity (Wildman–Crippen MR) is 104 cm³/mol. The Morgan fingerprint density at radius 3 is 2.57 bits per heavy atom. The van der Waals surface area contributed by atoms with Crippen molar-refractivity contribution < 1.29 is 9.18 Å². The molecular formula is C20H16FN5OS. The number of rotatable bonds is 6. The van der Waals surface area contributed by atoms with Gasteiger partial charge in [-0.2, -0.15) is 4.80 Å². The van der Waals surface area contributed by atoms with Crippen molar-refractivity contribution in [1.82, 2.24) is 25.5 Å². The Kier molecular flexibility index (Phi) is 5.20. The molecule has 0 radical (unpaired) electrons. The highest BCUT2D eigenvalue weighted by Gasteiger charge is 2.18. The first-order valence-corrected chi connectivity index (χ1v) is 9.48. The van der Waals surface area contributed by atoms with Crippen molar-refractivity contribution >= 4 is 17.2 Å². The third kappa shape index (κ3) is 4.12. The number of hydrogen-bond donors (Lipinski definition) is 1. The fraction of sp³-hybridized carbons (Fsp3) is 0.100. The molecule has 1 N–H and O–H groups in total. The van der Waals surface area contributed by atoms with Gasteiger partial charge in [-0.25, -0.2) is 4.39 Å². The Labute approximate surface area is 164 Å². The van der Waals surface area contributed by atoms with Crippen molar-refractivity contribution in [2.24, 2.45) is 0 Å². The van der Waals surface area contributed by atoms with Gasteiger partial charge in [-0.05, 0) is 46.5 Å². The molecule has 0 aliphatic rings. The molecule has 0 saturated heterocycles. The van der Waals surface area contributed by atoms with Crippen LogP contribution >= 0.6 is 11.3 Å². The summed E-state index contributed by atoms with van der Waals surface area (Å²) < 4.78 is 13.0. The van der Waals surface area contributed by atoms with Crippen LogP contribution in [0.2, 0.25) is 0 Å². The van der Waals surface area contributed by atoms with Crippen molar-refractivity contribution in [3.05, 3.63) is 88.4 Å². The van der Waals surface area contributed by atoms with Gasteiger partial charge in [0.25, 0.3) is 0 Å². The molecule has 0 bridgehead atoms. The second-order valence-corrected chi connectivity index (χ2v) is 7.06. The number of tetrazole rings is 1. The third-order valence-corrected chi connectivity index (χ3v) is 5.04. The van der Waals surface area contributed by atoms with Crippen LogP contribution in [0, 0.1) is 5.82 Å². The minimum absolute atomic E-state index is 0.0666. The molecule has 0 unspecified atom stereocenters. The van der Waals surface area contributed by atoms with Crippen molar-refractivity contribution in [2.45, 2.75) is 12.6 Å². The summed E-state index contributed by atoms with van der Waals surface area (Å²) in [6.45, 7) is -0.0666. The average molecular weight is 393 g/mol. The van der Waals surface area contributed by atoms with Crippen LogP contribution in [0.15, 0.2) is 72.1 Å². The van der Waals surface area contributed by atoms with Crippen LogP contribution in [-0.4, -0.2) is 26.1 Å². The van der Waals surface area contributed by atoms with Gasteiger partial charge in [-0.1, -0.05) is 36.4 Å². The van der Waals surface area contributed by atoms with Crippen molar-refractivity contribution in [3.8, 4) is 11.4 Å². The Morgan fingerprint density at radius 2 is 1.86 bits per heavy atom. The number of thiophene rings is 1. The van der Waals surface area contributed by atoms with E-state index in [-0.39, 0.29) is 24.3 Å². The lowest BCUT2D eigenvalue weighted by atomic mass is 10.1. The Morgan fingerprint density at radius 1 is 1.07 bits per heavy atom. The number of nitrogens with one attached hydrogen (secondary N) is 1.